The quantitative estimate of drug-likeness (QED) is 0.545. The van der Waals surface area contributed by atoms with Gasteiger partial charge in [0.15, 0.2) is 0 Å². The van der Waals surface area contributed by atoms with Crippen LogP contribution in [-0.2, 0) is 9.53 Å². The second kappa shape index (κ2) is 4.55. The van der Waals surface area contributed by atoms with Crippen molar-refractivity contribution >= 4 is 5.97 Å². The van der Waals surface area contributed by atoms with E-state index in [0.29, 0.717) is 0 Å². The van der Waals surface area contributed by atoms with E-state index in [1.807, 2.05) is 0 Å². The number of carboxylic acid groups (broad SMARTS) is 1. The third-order valence-electron chi connectivity index (χ3n) is 2.47. The number of ether oxygens (including phenoxy) is 1. The summed E-state index contributed by atoms with van der Waals surface area (Å²) >= 11 is 0. The van der Waals surface area contributed by atoms with E-state index in [-0.39, 0.29) is 0 Å². The number of aliphatic carboxylic acids is 1. The van der Waals surface area contributed by atoms with Gasteiger partial charge in [0.25, 0.3) is 0 Å². The van der Waals surface area contributed by atoms with Gasteiger partial charge in [-0.2, -0.15) is 48.3 Å². The molecule has 0 bridgehead atoms. The maximum absolute atomic E-state index is 13.4. The maximum Gasteiger partial charge on any atom is 0.442 e. The van der Waals surface area contributed by atoms with Crippen molar-refractivity contribution in [2.75, 3.05) is 0 Å². The molecule has 0 spiro atoms. The van der Waals surface area contributed by atoms with Crippen molar-refractivity contribution in [1.29, 1.82) is 0 Å². The molecule has 1 rings (SSSR count). The highest BCUT2D eigenvalue weighted by atomic mass is 19.4. The number of carbonyl (C=O) groups excluding carboxylic acids is 1. The fourth-order valence-electron chi connectivity index (χ4n) is 1.44. The van der Waals surface area contributed by atoms with Crippen molar-refractivity contribution in [3.63, 3.8) is 0 Å². The van der Waals surface area contributed by atoms with E-state index in [1.54, 1.807) is 4.74 Å². The predicted molar refractivity (Wildman–Crippen MR) is 37.6 cm³/mol. The Morgan fingerprint density at radius 2 is 1.13 bits per heavy atom. The minimum absolute atomic E-state index is 1.75. The first kappa shape index (κ1) is 19.6. The third-order valence-corrected chi connectivity index (χ3v) is 2.47. The Hall–Kier alpha value is -1.45. The Labute approximate surface area is 116 Å². The van der Waals surface area contributed by atoms with Crippen LogP contribution < -0.4 is 5.11 Å². The van der Waals surface area contributed by atoms with Crippen molar-refractivity contribution in [2.45, 2.75) is 36.3 Å². The third kappa shape index (κ3) is 2.29. The number of hydrogen-bond donors (Lipinski definition) is 0. The number of nitrogens with zero attached hydrogens (tertiary/aromatic N) is 1. The highest BCUT2D eigenvalue weighted by Crippen LogP contribution is 2.60. The SMILES string of the molecule is O=C([O-])C(F)(N1C(F)(F)C(F)(F)OC(F)(F)C1(F)F)C(F)(F)F. The number of hydrogen-bond acceptors (Lipinski definition) is 4. The van der Waals surface area contributed by atoms with Crippen LogP contribution in [0.5, 0.6) is 0 Å². The Morgan fingerprint density at radius 1 is 0.826 bits per heavy atom. The van der Waals surface area contributed by atoms with Gasteiger partial charge in [0.05, 0.1) is 0 Å². The summed E-state index contributed by atoms with van der Waals surface area (Å²) in [6, 6.07) is -14.3. The van der Waals surface area contributed by atoms with Gasteiger partial charge in [0, 0.05) is 0 Å². The Morgan fingerprint density at radius 3 is 1.35 bits per heavy atom. The minimum atomic E-state index is -7.30. The van der Waals surface area contributed by atoms with E-state index in [9.17, 15) is 62.6 Å². The van der Waals surface area contributed by atoms with Crippen LogP contribution in [0, 0.1) is 0 Å². The van der Waals surface area contributed by atoms with Crippen LogP contribution in [0.4, 0.5) is 52.7 Å². The number of halogens is 12. The lowest BCUT2D eigenvalue weighted by molar-refractivity contribution is -0.586. The van der Waals surface area contributed by atoms with E-state index < -0.39 is 47.1 Å². The molecule has 4 nitrogen and oxygen atoms in total. The highest BCUT2D eigenvalue weighted by Gasteiger charge is 2.89. The smallest absolute Gasteiger partial charge is 0.442 e. The van der Waals surface area contributed by atoms with E-state index in [0.717, 1.165) is 0 Å². The molecular formula is C7F12NO3-. The molecule has 0 amide bonds. The normalized spacial score (nSPS) is 28.9. The van der Waals surface area contributed by atoms with Crippen molar-refractivity contribution in [2.24, 2.45) is 0 Å². The van der Waals surface area contributed by atoms with E-state index >= 15 is 0 Å². The summed E-state index contributed by atoms with van der Waals surface area (Å²) in [5.41, 5.74) is 0. The summed E-state index contributed by atoms with van der Waals surface area (Å²) in [4.78, 5) is 6.29. The number of carbonyl (C=O) groups is 1. The molecule has 23 heavy (non-hydrogen) atoms. The number of alkyl halides is 12. The van der Waals surface area contributed by atoms with Crippen molar-refractivity contribution < 1.29 is 67.3 Å². The first-order chi connectivity index (χ1) is 9.77. The van der Waals surface area contributed by atoms with E-state index in [2.05, 4.69) is 0 Å². The number of carboxylic acids is 1. The molecule has 0 aromatic carbocycles. The Balaban J connectivity index is 3.82. The number of rotatable bonds is 2. The first-order valence-electron chi connectivity index (χ1n) is 4.76. The molecule has 1 aliphatic heterocycles. The van der Waals surface area contributed by atoms with Crippen molar-refractivity contribution in [1.82, 2.24) is 4.90 Å². The average molecular weight is 374 g/mol. The molecule has 0 radical (unpaired) electrons. The van der Waals surface area contributed by atoms with Crippen LogP contribution in [0.3, 0.4) is 0 Å². The highest BCUT2D eigenvalue weighted by molar-refractivity contribution is 5.76. The summed E-state index contributed by atoms with van der Waals surface area (Å²) in [6.45, 7) is 0. The van der Waals surface area contributed by atoms with Gasteiger partial charge in [0.2, 0.25) is 0 Å². The lowest BCUT2D eigenvalue weighted by atomic mass is 10.1. The molecule has 0 saturated carbocycles. The second-order valence-electron chi connectivity index (χ2n) is 3.96. The fraction of sp³-hybridized carbons (Fsp3) is 0.857. The zero-order valence-corrected chi connectivity index (χ0v) is 9.71. The van der Waals surface area contributed by atoms with Gasteiger partial charge in [-0.25, -0.2) is 9.13 Å². The van der Waals surface area contributed by atoms with E-state index in [1.165, 1.54) is 0 Å². The van der Waals surface area contributed by atoms with Crippen LogP contribution in [0.1, 0.15) is 0 Å². The van der Waals surface area contributed by atoms with Crippen molar-refractivity contribution in [3.05, 3.63) is 0 Å². The van der Waals surface area contributed by atoms with Crippen LogP contribution >= 0.6 is 0 Å². The predicted octanol–water partition coefficient (Wildman–Crippen LogP) is 1.67. The average Bonchev–Trinajstić information content (AvgIpc) is 2.22. The largest absolute Gasteiger partial charge is 0.545 e. The summed E-state index contributed by atoms with van der Waals surface area (Å²) in [5, 5.41) is 10.1. The Kier molecular flexibility index (Phi) is 3.88. The minimum Gasteiger partial charge on any atom is -0.545 e. The summed E-state index contributed by atoms with van der Waals surface area (Å²) in [6.07, 6.45) is -20.9. The monoisotopic (exact) mass is 374 g/mol. The van der Waals surface area contributed by atoms with E-state index in [4.69, 9.17) is 0 Å². The van der Waals surface area contributed by atoms with Gasteiger partial charge in [-0.1, -0.05) is 0 Å². The molecule has 1 unspecified atom stereocenters. The fourth-order valence-corrected chi connectivity index (χ4v) is 1.44. The van der Waals surface area contributed by atoms with Gasteiger partial charge in [-0.3, -0.25) is 0 Å². The van der Waals surface area contributed by atoms with Crippen LogP contribution in [0.2, 0.25) is 0 Å². The zero-order chi connectivity index (χ0) is 18.9. The van der Waals surface area contributed by atoms with Gasteiger partial charge in [-0.05, 0) is 0 Å². The molecule has 1 fully saturated rings. The molecule has 1 aliphatic rings. The summed E-state index contributed by atoms with van der Waals surface area (Å²) in [7, 11) is 0. The lowest BCUT2D eigenvalue weighted by Gasteiger charge is -2.51. The zero-order valence-electron chi connectivity index (χ0n) is 9.71. The van der Waals surface area contributed by atoms with Gasteiger partial charge >= 0.3 is 36.3 Å². The van der Waals surface area contributed by atoms with Crippen LogP contribution in [0.15, 0.2) is 0 Å². The summed E-state index contributed by atoms with van der Waals surface area (Å²) < 4.78 is 155. The first-order valence-corrected chi connectivity index (χ1v) is 4.76. The molecule has 0 aromatic rings. The molecule has 136 valence electrons. The second-order valence-corrected chi connectivity index (χ2v) is 3.96. The molecule has 1 saturated heterocycles. The number of morpholine rings is 1. The van der Waals surface area contributed by atoms with Gasteiger partial charge < -0.3 is 9.90 Å². The van der Waals surface area contributed by atoms with Crippen LogP contribution in [0.25, 0.3) is 0 Å². The summed E-state index contributed by atoms with van der Waals surface area (Å²) in [5.74, 6) is -11.6. The molecule has 16 heteroatoms. The molecule has 0 N–H and O–H groups in total. The molecular weight excluding hydrogens is 374 g/mol. The maximum atomic E-state index is 13.4. The molecule has 0 aromatic heterocycles. The standard InChI is InChI=1S/C7HF12NO3/c8-2(1(21)22,3(9,10)11)20-4(12,13)6(16,17)23-7(18,19)5(20,14)15/h(H,21,22)/p-1. The topological polar surface area (TPSA) is 52.6 Å². The molecule has 0 aliphatic carbocycles. The van der Waals surface area contributed by atoms with Gasteiger partial charge in [-0.15, -0.1) is 4.90 Å². The van der Waals surface area contributed by atoms with Gasteiger partial charge in [0.1, 0.15) is 5.97 Å². The van der Waals surface area contributed by atoms with Crippen molar-refractivity contribution in [3.8, 4) is 0 Å². The molecule has 1 heterocycles. The lowest BCUT2D eigenvalue weighted by Crippen LogP contribution is -2.83. The Bertz CT molecular complexity index is 489. The van der Waals surface area contributed by atoms with Crippen LogP contribution in [-0.4, -0.2) is 47.1 Å². The molecule has 1 atom stereocenters.